The second-order valence-electron chi connectivity index (χ2n) is 5.38. The molecule has 1 aromatic rings. The molecule has 6 nitrogen and oxygen atoms in total. The van der Waals surface area contributed by atoms with Crippen LogP contribution in [0.25, 0.3) is 0 Å². The number of morpholine rings is 1. The molecule has 7 heteroatoms. The number of ether oxygens (including phenoxy) is 1. The average Bonchev–Trinajstić information content (AvgIpc) is 2.48. The first-order valence-electron chi connectivity index (χ1n) is 7.66. The van der Waals surface area contributed by atoms with Crippen LogP contribution < -0.4 is 16.0 Å². The van der Waals surface area contributed by atoms with Crippen molar-refractivity contribution in [1.82, 2.24) is 5.32 Å². The Kier molecular flexibility index (Phi) is 8.02. The zero-order valence-electron chi connectivity index (χ0n) is 13.4. The van der Waals surface area contributed by atoms with Gasteiger partial charge in [0.05, 0.1) is 12.7 Å². The van der Waals surface area contributed by atoms with E-state index in [1.165, 1.54) is 0 Å². The lowest BCUT2D eigenvalue weighted by Gasteiger charge is -2.29. The first-order valence-corrected chi connectivity index (χ1v) is 7.66. The molecule has 1 fully saturated rings. The molecule has 0 spiro atoms. The van der Waals surface area contributed by atoms with Crippen molar-refractivity contribution in [2.24, 2.45) is 0 Å². The lowest BCUT2D eigenvalue weighted by atomic mass is 10.1. The zero-order valence-corrected chi connectivity index (χ0v) is 14.2. The maximum absolute atomic E-state index is 12.3. The third-order valence-electron chi connectivity index (χ3n) is 3.49. The van der Waals surface area contributed by atoms with Gasteiger partial charge < -0.3 is 20.7 Å². The van der Waals surface area contributed by atoms with E-state index in [0.717, 1.165) is 6.42 Å². The summed E-state index contributed by atoms with van der Waals surface area (Å²) >= 11 is 0. The van der Waals surface area contributed by atoms with Gasteiger partial charge in [0, 0.05) is 24.3 Å². The number of hydrogen-bond donors (Lipinski definition) is 3. The Morgan fingerprint density at radius 2 is 2.00 bits per heavy atom. The van der Waals surface area contributed by atoms with Crippen LogP contribution in [0.5, 0.6) is 0 Å². The lowest BCUT2D eigenvalue weighted by Crippen LogP contribution is -2.53. The third-order valence-corrected chi connectivity index (χ3v) is 3.49. The van der Waals surface area contributed by atoms with E-state index in [0.29, 0.717) is 30.9 Å². The summed E-state index contributed by atoms with van der Waals surface area (Å²) < 4.78 is 5.47. The van der Waals surface area contributed by atoms with Crippen LogP contribution in [-0.4, -0.2) is 37.1 Å². The predicted molar refractivity (Wildman–Crippen MR) is 93.1 cm³/mol. The largest absolute Gasteiger partial charge is 0.375 e. The molecule has 128 valence electrons. The molecule has 0 aliphatic carbocycles. The maximum Gasteiger partial charge on any atom is 0.244 e. The molecule has 0 radical (unpaired) electrons. The van der Waals surface area contributed by atoms with Crippen molar-refractivity contribution in [2.45, 2.75) is 38.8 Å². The van der Waals surface area contributed by atoms with Gasteiger partial charge in [0.15, 0.2) is 0 Å². The highest BCUT2D eigenvalue weighted by Gasteiger charge is 2.28. The van der Waals surface area contributed by atoms with E-state index in [1.807, 2.05) is 13.8 Å². The van der Waals surface area contributed by atoms with Gasteiger partial charge in [-0.1, -0.05) is 13.0 Å². The summed E-state index contributed by atoms with van der Waals surface area (Å²) in [7, 11) is 0. The van der Waals surface area contributed by atoms with Crippen molar-refractivity contribution in [3.05, 3.63) is 24.3 Å². The molecule has 2 rings (SSSR count). The summed E-state index contributed by atoms with van der Waals surface area (Å²) in [6, 6.07) is 6.77. The Morgan fingerprint density at radius 3 is 2.65 bits per heavy atom. The molecule has 1 aliphatic heterocycles. The van der Waals surface area contributed by atoms with Crippen LogP contribution in [0.15, 0.2) is 24.3 Å². The summed E-state index contributed by atoms with van der Waals surface area (Å²) in [4.78, 5) is 23.9. The van der Waals surface area contributed by atoms with Crippen molar-refractivity contribution in [3.63, 3.8) is 0 Å². The van der Waals surface area contributed by atoms with Gasteiger partial charge in [0.1, 0.15) is 6.04 Å². The topological polar surface area (TPSA) is 79.5 Å². The number of rotatable bonds is 5. The van der Waals surface area contributed by atoms with E-state index in [1.54, 1.807) is 24.3 Å². The van der Waals surface area contributed by atoms with E-state index in [2.05, 4.69) is 16.0 Å². The Labute approximate surface area is 142 Å². The Hall–Kier alpha value is -1.63. The fourth-order valence-corrected chi connectivity index (χ4v) is 2.37. The quantitative estimate of drug-likeness (QED) is 0.766. The minimum atomic E-state index is -0.368. The molecule has 0 bridgehead atoms. The number of nitrogens with one attached hydrogen (secondary N) is 3. The fraction of sp³-hybridized carbons (Fsp3) is 0.500. The number of anilines is 2. The average molecular weight is 342 g/mol. The first kappa shape index (κ1) is 19.4. The summed E-state index contributed by atoms with van der Waals surface area (Å²) in [5, 5.41) is 8.81. The van der Waals surface area contributed by atoms with Gasteiger partial charge in [-0.2, -0.15) is 0 Å². The summed E-state index contributed by atoms with van der Waals surface area (Å²) in [5.41, 5.74) is 1.33. The van der Waals surface area contributed by atoms with Crippen molar-refractivity contribution in [2.75, 3.05) is 23.8 Å². The van der Waals surface area contributed by atoms with Gasteiger partial charge in [0.2, 0.25) is 11.8 Å². The summed E-state index contributed by atoms with van der Waals surface area (Å²) in [6.07, 6.45) is 1.12. The number of amides is 2. The smallest absolute Gasteiger partial charge is 0.244 e. The number of carbonyl (C=O) groups excluding carboxylic acids is 2. The van der Waals surface area contributed by atoms with E-state index in [4.69, 9.17) is 4.74 Å². The number of carbonyl (C=O) groups is 2. The highest BCUT2D eigenvalue weighted by molar-refractivity contribution is 5.96. The van der Waals surface area contributed by atoms with Crippen LogP contribution in [0.2, 0.25) is 0 Å². The lowest BCUT2D eigenvalue weighted by molar-refractivity contribution is -0.123. The summed E-state index contributed by atoms with van der Waals surface area (Å²) in [6.45, 7) is 5.11. The SMILES string of the molecule is CCCC(=O)Nc1cccc(NC(=O)[C@H]2NCCO[C@@H]2C)c1.Cl. The van der Waals surface area contributed by atoms with Crippen molar-refractivity contribution in [3.8, 4) is 0 Å². The Bertz CT molecular complexity index is 539. The minimum Gasteiger partial charge on any atom is -0.375 e. The van der Waals surface area contributed by atoms with E-state index in [9.17, 15) is 9.59 Å². The van der Waals surface area contributed by atoms with Crippen molar-refractivity contribution in [1.29, 1.82) is 0 Å². The Balaban J connectivity index is 0.00000264. The fourth-order valence-electron chi connectivity index (χ4n) is 2.37. The maximum atomic E-state index is 12.3. The van der Waals surface area contributed by atoms with Crippen molar-refractivity contribution >= 4 is 35.6 Å². The molecule has 2 atom stereocenters. The standard InChI is InChI=1S/C16H23N3O3.ClH/c1-3-5-14(20)18-12-6-4-7-13(10-12)19-16(21)15-11(2)22-9-8-17-15;/h4,6-7,10-11,15,17H,3,5,8-9H2,1-2H3,(H,18,20)(H,19,21);1H/t11-,15+;/m1./s1. The molecule has 0 saturated carbocycles. The van der Waals surface area contributed by atoms with E-state index < -0.39 is 0 Å². The molecule has 1 aromatic carbocycles. The summed E-state index contributed by atoms with van der Waals surface area (Å²) in [5.74, 6) is -0.161. The molecule has 3 N–H and O–H groups in total. The molecular formula is C16H24ClN3O3. The second kappa shape index (κ2) is 9.50. The first-order chi connectivity index (χ1) is 10.6. The molecular weight excluding hydrogens is 318 g/mol. The van der Waals surface area contributed by atoms with Crippen LogP contribution in [0.4, 0.5) is 11.4 Å². The number of halogens is 1. The van der Waals surface area contributed by atoms with Gasteiger partial charge in [-0.25, -0.2) is 0 Å². The highest BCUT2D eigenvalue weighted by atomic mass is 35.5. The minimum absolute atomic E-state index is 0. The third kappa shape index (κ3) is 5.82. The van der Waals surface area contributed by atoms with Crippen LogP contribution in [0, 0.1) is 0 Å². The molecule has 0 unspecified atom stereocenters. The normalized spacial score (nSPS) is 20.3. The van der Waals surface area contributed by atoms with Gasteiger partial charge in [-0.05, 0) is 31.5 Å². The van der Waals surface area contributed by atoms with Crippen LogP contribution in [-0.2, 0) is 14.3 Å². The number of benzene rings is 1. The van der Waals surface area contributed by atoms with E-state index in [-0.39, 0.29) is 36.4 Å². The highest BCUT2D eigenvalue weighted by Crippen LogP contribution is 2.16. The molecule has 1 heterocycles. The monoisotopic (exact) mass is 341 g/mol. The van der Waals surface area contributed by atoms with Gasteiger partial charge in [-0.15, -0.1) is 12.4 Å². The van der Waals surface area contributed by atoms with E-state index >= 15 is 0 Å². The van der Waals surface area contributed by atoms with Gasteiger partial charge in [-0.3, -0.25) is 9.59 Å². The van der Waals surface area contributed by atoms with Gasteiger partial charge in [0.25, 0.3) is 0 Å². The molecule has 23 heavy (non-hydrogen) atoms. The zero-order chi connectivity index (χ0) is 15.9. The second-order valence-corrected chi connectivity index (χ2v) is 5.38. The molecule has 1 saturated heterocycles. The van der Waals surface area contributed by atoms with Crippen LogP contribution in [0.1, 0.15) is 26.7 Å². The van der Waals surface area contributed by atoms with Crippen LogP contribution >= 0.6 is 12.4 Å². The number of hydrogen-bond acceptors (Lipinski definition) is 4. The molecule has 2 amide bonds. The van der Waals surface area contributed by atoms with Crippen LogP contribution in [0.3, 0.4) is 0 Å². The van der Waals surface area contributed by atoms with Gasteiger partial charge >= 0.3 is 0 Å². The predicted octanol–water partition coefficient (Wildman–Crippen LogP) is 2.16. The van der Waals surface area contributed by atoms with Crippen molar-refractivity contribution < 1.29 is 14.3 Å². The molecule has 0 aromatic heterocycles. The Morgan fingerprint density at radius 1 is 1.30 bits per heavy atom. The molecule has 1 aliphatic rings.